The smallest absolute Gasteiger partial charge is 0.305 e. The number of rotatable bonds is 2. The largest absolute Gasteiger partial charge is 0.465 e. The van der Waals surface area contributed by atoms with Crippen molar-refractivity contribution in [3.05, 3.63) is 0 Å². The molecule has 1 saturated heterocycles. The molecule has 2 nitrogen and oxygen atoms in total. The van der Waals surface area contributed by atoms with Crippen LogP contribution in [0.3, 0.4) is 0 Å². The highest BCUT2D eigenvalue weighted by molar-refractivity contribution is 5.69. The van der Waals surface area contributed by atoms with Crippen LogP contribution in [0.5, 0.6) is 0 Å². The van der Waals surface area contributed by atoms with E-state index in [-0.39, 0.29) is 11.4 Å². The van der Waals surface area contributed by atoms with E-state index in [1.807, 2.05) is 0 Å². The summed E-state index contributed by atoms with van der Waals surface area (Å²) in [7, 11) is 0. The third-order valence-corrected chi connectivity index (χ3v) is 4.07. The molecular formula is C13H24O2. The van der Waals surface area contributed by atoms with Gasteiger partial charge in [0.1, 0.15) is 0 Å². The first kappa shape index (κ1) is 12.5. The highest BCUT2D eigenvalue weighted by Crippen LogP contribution is 2.43. The van der Waals surface area contributed by atoms with E-state index in [0.29, 0.717) is 18.4 Å². The number of carbonyl (C=O) groups excluding carboxylic acids is 1. The maximum absolute atomic E-state index is 11.4. The lowest BCUT2D eigenvalue weighted by atomic mass is 9.68. The van der Waals surface area contributed by atoms with Gasteiger partial charge in [0.25, 0.3) is 0 Å². The van der Waals surface area contributed by atoms with Crippen molar-refractivity contribution in [2.24, 2.45) is 10.8 Å². The van der Waals surface area contributed by atoms with E-state index in [1.165, 1.54) is 6.42 Å². The molecule has 0 spiro atoms. The second-order valence-corrected chi connectivity index (χ2v) is 5.67. The molecule has 15 heavy (non-hydrogen) atoms. The van der Waals surface area contributed by atoms with Gasteiger partial charge in [-0.2, -0.15) is 0 Å². The molecule has 1 aliphatic heterocycles. The van der Waals surface area contributed by atoms with Gasteiger partial charge in [-0.3, -0.25) is 4.79 Å². The Balaban J connectivity index is 2.80. The third kappa shape index (κ3) is 3.22. The number of carbonyl (C=O) groups is 1. The van der Waals surface area contributed by atoms with Crippen LogP contribution in [0.4, 0.5) is 0 Å². The lowest BCUT2D eigenvalue weighted by Crippen LogP contribution is -2.35. The van der Waals surface area contributed by atoms with Crippen molar-refractivity contribution in [1.29, 1.82) is 0 Å². The van der Waals surface area contributed by atoms with Crippen molar-refractivity contribution in [3.63, 3.8) is 0 Å². The molecule has 1 heterocycles. The zero-order valence-corrected chi connectivity index (χ0v) is 10.6. The summed E-state index contributed by atoms with van der Waals surface area (Å²) in [4.78, 5) is 11.4. The molecule has 1 rings (SSSR count). The minimum Gasteiger partial charge on any atom is -0.465 e. The molecule has 2 atom stereocenters. The van der Waals surface area contributed by atoms with E-state index in [9.17, 15) is 4.79 Å². The molecule has 0 aromatic carbocycles. The summed E-state index contributed by atoms with van der Waals surface area (Å²) >= 11 is 0. The van der Waals surface area contributed by atoms with Crippen LogP contribution in [-0.2, 0) is 9.53 Å². The van der Waals surface area contributed by atoms with Gasteiger partial charge in [-0.15, -0.1) is 0 Å². The summed E-state index contributed by atoms with van der Waals surface area (Å²) in [5.41, 5.74) is 0.477. The van der Waals surface area contributed by atoms with Gasteiger partial charge in [-0.05, 0) is 24.7 Å². The molecule has 0 aromatic heterocycles. The Bertz CT molecular complexity index is 215. The third-order valence-electron chi connectivity index (χ3n) is 4.07. The maximum Gasteiger partial charge on any atom is 0.305 e. The van der Waals surface area contributed by atoms with Crippen LogP contribution in [0, 0.1) is 10.8 Å². The summed E-state index contributed by atoms with van der Waals surface area (Å²) in [6, 6.07) is 0. The number of cyclic esters (lactones) is 1. The van der Waals surface area contributed by atoms with Crippen molar-refractivity contribution < 1.29 is 9.53 Å². The standard InChI is InChI=1S/C13H24O2/c1-5-12(3)8-7-11(14)15-10-13(4,6-2)9-12/h5-10H2,1-4H3/t12-,13-/m0/s1. The van der Waals surface area contributed by atoms with Crippen LogP contribution in [0.1, 0.15) is 59.8 Å². The fraction of sp³-hybridized carbons (Fsp3) is 0.923. The molecule has 0 unspecified atom stereocenters. The van der Waals surface area contributed by atoms with Crippen LogP contribution in [-0.4, -0.2) is 12.6 Å². The molecule has 2 heteroatoms. The monoisotopic (exact) mass is 212 g/mol. The highest BCUT2D eigenvalue weighted by Gasteiger charge is 2.36. The van der Waals surface area contributed by atoms with Gasteiger partial charge in [0, 0.05) is 11.8 Å². The average Bonchev–Trinajstić information content (AvgIpc) is 2.22. The Morgan fingerprint density at radius 2 is 1.80 bits per heavy atom. The lowest BCUT2D eigenvalue weighted by molar-refractivity contribution is -0.151. The van der Waals surface area contributed by atoms with Crippen molar-refractivity contribution in [2.75, 3.05) is 6.61 Å². The van der Waals surface area contributed by atoms with Gasteiger partial charge in [0.15, 0.2) is 0 Å². The Morgan fingerprint density at radius 3 is 2.33 bits per heavy atom. The van der Waals surface area contributed by atoms with Gasteiger partial charge >= 0.3 is 5.97 Å². The molecule has 88 valence electrons. The second-order valence-electron chi connectivity index (χ2n) is 5.67. The van der Waals surface area contributed by atoms with Gasteiger partial charge in [-0.25, -0.2) is 0 Å². The Hall–Kier alpha value is -0.530. The summed E-state index contributed by atoms with van der Waals surface area (Å²) in [6.07, 6.45) is 4.95. The maximum atomic E-state index is 11.4. The Morgan fingerprint density at radius 1 is 1.20 bits per heavy atom. The first-order valence-electron chi connectivity index (χ1n) is 6.09. The van der Waals surface area contributed by atoms with Gasteiger partial charge < -0.3 is 4.74 Å². The quantitative estimate of drug-likeness (QED) is 0.654. The van der Waals surface area contributed by atoms with Crippen LogP contribution >= 0.6 is 0 Å². The molecular weight excluding hydrogens is 188 g/mol. The fourth-order valence-electron chi connectivity index (χ4n) is 2.43. The molecule has 0 aromatic rings. The minimum absolute atomic E-state index is 0.0194. The summed E-state index contributed by atoms with van der Waals surface area (Å²) < 4.78 is 5.29. The molecule has 0 radical (unpaired) electrons. The Kier molecular flexibility index (Phi) is 3.80. The number of esters is 1. The lowest BCUT2D eigenvalue weighted by Gasteiger charge is -2.40. The number of hydrogen-bond acceptors (Lipinski definition) is 2. The topological polar surface area (TPSA) is 26.3 Å². The predicted octanol–water partition coefficient (Wildman–Crippen LogP) is 3.55. The number of hydrogen-bond donors (Lipinski definition) is 0. The van der Waals surface area contributed by atoms with E-state index in [0.717, 1.165) is 19.3 Å². The highest BCUT2D eigenvalue weighted by atomic mass is 16.5. The van der Waals surface area contributed by atoms with Crippen LogP contribution < -0.4 is 0 Å². The molecule has 0 N–H and O–H groups in total. The van der Waals surface area contributed by atoms with E-state index in [4.69, 9.17) is 4.74 Å². The van der Waals surface area contributed by atoms with Crippen molar-refractivity contribution in [1.82, 2.24) is 0 Å². The molecule has 1 aliphatic rings. The van der Waals surface area contributed by atoms with Crippen molar-refractivity contribution in [2.45, 2.75) is 59.8 Å². The zero-order valence-electron chi connectivity index (χ0n) is 10.6. The summed E-state index contributed by atoms with van der Waals surface area (Å²) in [6.45, 7) is 9.55. The minimum atomic E-state index is -0.0194. The van der Waals surface area contributed by atoms with Crippen LogP contribution in [0.25, 0.3) is 0 Å². The normalized spacial score (nSPS) is 38.0. The van der Waals surface area contributed by atoms with E-state index in [1.54, 1.807) is 0 Å². The fourth-order valence-corrected chi connectivity index (χ4v) is 2.43. The predicted molar refractivity (Wildman–Crippen MR) is 61.6 cm³/mol. The van der Waals surface area contributed by atoms with E-state index in [2.05, 4.69) is 27.7 Å². The summed E-state index contributed by atoms with van der Waals surface area (Å²) in [5.74, 6) is -0.0194. The van der Waals surface area contributed by atoms with Gasteiger partial charge in [-0.1, -0.05) is 34.1 Å². The first-order chi connectivity index (χ1) is 6.93. The van der Waals surface area contributed by atoms with Gasteiger partial charge in [0.05, 0.1) is 6.61 Å². The van der Waals surface area contributed by atoms with Crippen LogP contribution in [0.2, 0.25) is 0 Å². The van der Waals surface area contributed by atoms with Crippen molar-refractivity contribution >= 4 is 5.97 Å². The first-order valence-corrected chi connectivity index (χ1v) is 6.09. The molecule has 0 amide bonds. The molecule has 0 bridgehead atoms. The molecule has 0 aliphatic carbocycles. The van der Waals surface area contributed by atoms with E-state index < -0.39 is 0 Å². The zero-order chi connectivity index (χ0) is 11.5. The SMILES string of the molecule is CC[C@@]1(C)CCC(=O)OC[C@@](C)(CC)C1. The molecule has 0 saturated carbocycles. The molecule has 1 fully saturated rings. The number of ether oxygens (including phenoxy) is 1. The average molecular weight is 212 g/mol. The van der Waals surface area contributed by atoms with Gasteiger partial charge in [0.2, 0.25) is 0 Å². The Labute approximate surface area is 93.4 Å². The van der Waals surface area contributed by atoms with Crippen LogP contribution in [0.15, 0.2) is 0 Å². The van der Waals surface area contributed by atoms with Crippen molar-refractivity contribution in [3.8, 4) is 0 Å². The summed E-state index contributed by atoms with van der Waals surface area (Å²) in [5, 5.41) is 0. The van der Waals surface area contributed by atoms with E-state index >= 15 is 0 Å². The second kappa shape index (κ2) is 4.54.